The van der Waals surface area contributed by atoms with Gasteiger partial charge in [-0.3, -0.25) is 4.79 Å². The van der Waals surface area contributed by atoms with E-state index in [4.69, 9.17) is 11.6 Å². The van der Waals surface area contributed by atoms with E-state index in [0.717, 1.165) is 49.8 Å². The Labute approximate surface area is 188 Å². The first-order valence-corrected chi connectivity index (χ1v) is 11.2. The summed E-state index contributed by atoms with van der Waals surface area (Å²) in [6.45, 7) is 9.56. The van der Waals surface area contributed by atoms with Crippen molar-refractivity contribution in [2.24, 2.45) is 0 Å². The second kappa shape index (κ2) is 9.54. The molecule has 1 aromatic heterocycles. The van der Waals surface area contributed by atoms with Gasteiger partial charge < -0.3 is 15.1 Å². The number of piperazine rings is 1. The molecule has 2 aromatic carbocycles. The minimum Gasteiger partial charge on any atom is -0.369 e. The maximum absolute atomic E-state index is 13.0. The molecule has 1 aliphatic rings. The highest BCUT2D eigenvalue weighted by atomic mass is 35.5. The average Bonchev–Trinajstić information content (AvgIpc) is 3.24. The Morgan fingerprint density at radius 2 is 1.77 bits per heavy atom. The molecule has 162 valence electrons. The Morgan fingerprint density at radius 3 is 2.42 bits per heavy atom. The van der Waals surface area contributed by atoms with Crippen LogP contribution in [0.5, 0.6) is 0 Å². The molecule has 0 spiro atoms. The first-order valence-electron chi connectivity index (χ1n) is 10.8. The quantitative estimate of drug-likeness (QED) is 0.617. The largest absolute Gasteiger partial charge is 0.369 e. The van der Waals surface area contributed by atoms with Gasteiger partial charge in [-0.2, -0.15) is 5.10 Å². The number of likely N-dealkylation sites (N-methyl/N-ethyl adjacent to an activating group) is 1. The molecule has 0 atom stereocenters. The molecular formula is C24H28ClN5O. The number of carbonyl (C=O) groups is 1. The van der Waals surface area contributed by atoms with E-state index < -0.39 is 0 Å². The van der Waals surface area contributed by atoms with Crippen molar-refractivity contribution in [1.82, 2.24) is 14.7 Å². The molecule has 0 radical (unpaired) electrons. The summed E-state index contributed by atoms with van der Waals surface area (Å²) < 4.78 is 1.78. The first kappa shape index (κ1) is 21.4. The van der Waals surface area contributed by atoms with Gasteiger partial charge in [-0.25, -0.2) is 4.68 Å². The lowest BCUT2D eigenvalue weighted by molar-refractivity contribution is 0.102. The molecule has 1 fully saturated rings. The Bertz CT molecular complexity index is 1040. The highest BCUT2D eigenvalue weighted by Gasteiger charge is 2.19. The number of hydrogen-bond acceptors (Lipinski definition) is 4. The van der Waals surface area contributed by atoms with Crippen LogP contribution in [0.15, 0.2) is 54.7 Å². The van der Waals surface area contributed by atoms with E-state index in [1.165, 1.54) is 5.69 Å². The van der Waals surface area contributed by atoms with Crippen molar-refractivity contribution >= 4 is 28.9 Å². The first-order chi connectivity index (χ1) is 15.1. The van der Waals surface area contributed by atoms with Crippen LogP contribution >= 0.6 is 11.6 Å². The van der Waals surface area contributed by atoms with Crippen molar-refractivity contribution in [3.05, 3.63) is 71.0 Å². The van der Waals surface area contributed by atoms with Gasteiger partial charge in [0.1, 0.15) is 0 Å². The Hall–Kier alpha value is -2.83. The minimum absolute atomic E-state index is 0.158. The summed E-state index contributed by atoms with van der Waals surface area (Å²) in [4.78, 5) is 17.8. The molecule has 2 heterocycles. The third-order valence-corrected chi connectivity index (χ3v) is 6.05. The maximum Gasteiger partial charge on any atom is 0.259 e. The number of hydrogen-bond donors (Lipinski definition) is 1. The van der Waals surface area contributed by atoms with Crippen LogP contribution in [0.1, 0.15) is 29.9 Å². The number of carbonyl (C=O) groups excluding carboxylic acids is 1. The number of anilines is 2. The molecule has 4 rings (SSSR count). The maximum atomic E-state index is 13.0. The van der Waals surface area contributed by atoms with E-state index in [1.807, 2.05) is 43.3 Å². The molecule has 1 amide bonds. The van der Waals surface area contributed by atoms with E-state index >= 15 is 0 Å². The van der Waals surface area contributed by atoms with Crippen LogP contribution in [-0.4, -0.2) is 53.3 Å². The predicted octanol–water partition coefficient (Wildman–Crippen LogP) is 4.48. The number of nitrogens with zero attached hydrogens (tertiary/aromatic N) is 4. The summed E-state index contributed by atoms with van der Waals surface area (Å²) in [5.74, 6) is -0.158. The molecule has 6 nitrogen and oxygen atoms in total. The zero-order valence-corrected chi connectivity index (χ0v) is 18.8. The van der Waals surface area contributed by atoms with E-state index in [1.54, 1.807) is 10.9 Å². The lowest BCUT2D eigenvalue weighted by Gasteiger charge is -2.35. The number of aromatic nitrogens is 2. The smallest absolute Gasteiger partial charge is 0.259 e. The predicted molar refractivity (Wildman–Crippen MR) is 127 cm³/mol. The number of halogens is 1. The van der Waals surface area contributed by atoms with Gasteiger partial charge in [-0.15, -0.1) is 0 Å². The van der Waals surface area contributed by atoms with Gasteiger partial charge in [0.2, 0.25) is 0 Å². The fourth-order valence-electron chi connectivity index (χ4n) is 4.01. The van der Waals surface area contributed by atoms with Crippen LogP contribution in [-0.2, 0) is 6.42 Å². The van der Waals surface area contributed by atoms with Gasteiger partial charge >= 0.3 is 0 Å². The van der Waals surface area contributed by atoms with Gasteiger partial charge in [-0.1, -0.05) is 31.5 Å². The Morgan fingerprint density at radius 1 is 1.03 bits per heavy atom. The summed E-state index contributed by atoms with van der Waals surface area (Å²) >= 11 is 6.12. The zero-order valence-electron chi connectivity index (χ0n) is 18.0. The molecule has 0 unspecified atom stereocenters. The molecule has 1 N–H and O–H groups in total. The highest BCUT2D eigenvalue weighted by Crippen LogP contribution is 2.22. The average molecular weight is 438 g/mol. The Kier molecular flexibility index (Phi) is 6.59. The normalized spacial score (nSPS) is 14.6. The summed E-state index contributed by atoms with van der Waals surface area (Å²) in [5.41, 5.74) is 4.23. The lowest BCUT2D eigenvalue weighted by Crippen LogP contribution is -2.46. The third kappa shape index (κ3) is 4.75. The Balaban J connectivity index is 1.46. The van der Waals surface area contributed by atoms with E-state index in [2.05, 4.69) is 39.3 Å². The van der Waals surface area contributed by atoms with Gasteiger partial charge in [-0.05, 0) is 55.4 Å². The van der Waals surface area contributed by atoms with Crippen LogP contribution in [0.25, 0.3) is 5.69 Å². The monoisotopic (exact) mass is 437 g/mol. The molecule has 3 aromatic rings. The van der Waals surface area contributed by atoms with Crippen LogP contribution in [0.3, 0.4) is 0 Å². The van der Waals surface area contributed by atoms with Crippen molar-refractivity contribution in [2.75, 3.05) is 42.9 Å². The zero-order chi connectivity index (χ0) is 21.8. The fraction of sp³-hybridized carbons (Fsp3) is 0.333. The van der Waals surface area contributed by atoms with Crippen LogP contribution < -0.4 is 10.2 Å². The molecule has 7 heteroatoms. The third-order valence-electron chi connectivity index (χ3n) is 5.81. The van der Waals surface area contributed by atoms with Crippen molar-refractivity contribution < 1.29 is 4.79 Å². The van der Waals surface area contributed by atoms with E-state index in [-0.39, 0.29) is 5.91 Å². The van der Waals surface area contributed by atoms with E-state index in [9.17, 15) is 4.79 Å². The molecule has 31 heavy (non-hydrogen) atoms. The molecule has 0 bridgehead atoms. The molecule has 0 aliphatic carbocycles. The van der Waals surface area contributed by atoms with Crippen molar-refractivity contribution in [1.29, 1.82) is 0 Å². The lowest BCUT2D eigenvalue weighted by atomic mass is 10.1. The summed E-state index contributed by atoms with van der Waals surface area (Å²) in [5, 5.41) is 8.08. The van der Waals surface area contributed by atoms with Gasteiger partial charge in [0.25, 0.3) is 5.91 Å². The van der Waals surface area contributed by atoms with Crippen LogP contribution in [0, 0.1) is 0 Å². The fourth-order valence-corrected chi connectivity index (χ4v) is 4.19. The van der Waals surface area contributed by atoms with Crippen molar-refractivity contribution in [2.45, 2.75) is 20.3 Å². The highest BCUT2D eigenvalue weighted by molar-refractivity contribution is 6.30. The van der Waals surface area contributed by atoms with Gasteiger partial charge in [0.05, 0.1) is 23.1 Å². The summed E-state index contributed by atoms with van der Waals surface area (Å²) in [7, 11) is 0. The van der Waals surface area contributed by atoms with Crippen molar-refractivity contribution in [3.63, 3.8) is 0 Å². The summed E-state index contributed by atoms with van der Waals surface area (Å²) in [6.07, 6.45) is 2.30. The second-order valence-corrected chi connectivity index (χ2v) is 8.11. The molecule has 0 saturated carbocycles. The molecule has 1 saturated heterocycles. The SMILES string of the molecule is CCc1c(C(=O)Nc2ccc(N3CCN(CC)CC3)cc2)cnn1-c1cccc(Cl)c1. The number of rotatable bonds is 6. The molecule has 1 aliphatic heterocycles. The second-order valence-electron chi connectivity index (χ2n) is 7.67. The van der Waals surface area contributed by atoms with Crippen LogP contribution in [0.2, 0.25) is 5.02 Å². The van der Waals surface area contributed by atoms with E-state index in [0.29, 0.717) is 17.0 Å². The van der Waals surface area contributed by atoms with Gasteiger partial charge in [0, 0.05) is 42.6 Å². The standard InChI is InChI=1S/C24H28ClN5O/c1-3-23-22(17-26-30(23)21-7-5-6-18(25)16-21)24(31)27-19-8-10-20(11-9-19)29-14-12-28(4-2)13-15-29/h5-11,16-17H,3-4,12-15H2,1-2H3,(H,27,31). The van der Waals surface area contributed by atoms with Crippen molar-refractivity contribution in [3.8, 4) is 5.69 Å². The topological polar surface area (TPSA) is 53.4 Å². The number of amides is 1. The minimum atomic E-state index is -0.158. The summed E-state index contributed by atoms with van der Waals surface area (Å²) in [6, 6.07) is 15.6. The number of benzene rings is 2. The van der Waals surface area contributed by atoms with Crippen LogP contribution in [0.4, 0.5) is 11.4 Å². The number of nitrogens with one attached hydrogen (secondary N) is 1. The molecular weight excluding hydrogens is 410 g/mol. The van der Waals surface area contributed by atoms with Gasteiger partial charge in [0.15, 0.2) is 0 Å².